The van der Waals surface area contributed by atoms with E-state index in [0.717, 1.165) is 29.6 Å². The number of imidazole rings is 1. The molecular weight excluding hydrogens is 356 g/mol. The first kappa shape index (κ1) is 18.5. The topological polar surface area (TPSA) is 101 Å². The Morgan fingerprint density at radius 3 is 2.71 bits per heavy atom. The molecule has 0 unspecified atom stereocenters. The molecule has 28 heavy (non-hydrogen) atoms. The van der Waals surface area contributed by atoms with Crippen molar-refractivity contribution in [3.8, 4) is 0 Å². The number of aromatic amines is 2. The maximum Gasteiger partial charge on any atom is 0.323 e. The van der Waals surface area contributed by atoms with Crippen LogP contribution in [0.5, 0.6) is 0 Å². The molecule has 0 aliphatic carbocycles. The minimum atomic E-state index is -0.289. The number of carbonyl (C=O) groups is 1. The summed E-state index contributed by atoms with van der Waals surface area (Å²) >= 11 is 0. The van der Waals surface area contributed by atoms with Gasteiger partial charge in [0.2, 0.25) is 5.91 Å². The Kier molecular flexibility index (Phi) is 5.27. The number of likely N-dealkylation sites (tertiary alicyclic amines) is 1. The highest BCUT2D eigenvalue weighted by Crippen LogP contribution is 2.18. The highest BCUT2D eigenvalue weighted by molar-refractivity contribution is 5.81. The Morgan fingerprint density at radius 1 is 1.18 bits per heavy atom. The summed E-state index contributed by atoms with van der Waals surface area (Å²) < 4.78 is 0. The Labute approximate surface area is 162 Å². The third-order valence-corrected chi connectivity index (χ3v) is 5.17. The average molecular weight is 380 g/mol. The number of H-pyrrole nitrogens is 2. The number of nitrogens with one attached hydrogen (secondary N) is 3. The number of aliphatic hydroxyl groups is 1. The van der Waals surface area contributed by atoms with Gasteiger partial charge in [-0.2, -0.15) is 0 Å². The molecule has 4 N–H and O–H groups in total. The molecule has 0 bridgehead atoms. The molecule has 2 heterocycles. The molecular formula is C21H24N4O3. The smallest absolute Gasteiger partial charge is 0.323 e. The minimum Gasteiger partial charge on any atom is -0.392 e. The lowest BCUT2D eigenvalue weighted by Crippen LogP contribution is -2.38. The van der Waals surface area contributed by atoms with Crippen LogP contribution in [0.15, 0.2) is 53.3 Å². The lowest BCUT2D eigenvalue weighted by molar-refractivity contribution is -0.121. The van der Waals surface area contributed by atoms with Gasteiger partial charge in [0.1, 0.15) is 0 Å². The lowest BCUT2D eigenvalue weighted by atomic mass is 10.1. The summed E-state index contributed by atoms with van der Waals surface area (Å²) in [5, 5.41) is 12.9. The van der Waals surface area contributed by atoms with E-state index < -0.39 is 0 Å². The number of hydrogen-bond acceptors (Lipinski definition) is 4. The van der Waals surface area contributed by atoms with Crippen molar-refractivity contribution in [3.05, 3.63) is 70.1 Å². The number of carbonyl (C=O) groups excluding carboxylic acids is 1. The van der Waals surface area contributed by atoms with E-state index in [4.69, 9.17) is 0 Å². The molecule has 7 heteroatoms. The summed E-state index contributed by atoms with van der Waals surface area (Å²) in [6.45, 7) is 2.13. The second kappa shape index (κ2) is 8.00. The maximum atomic E-state index is 12.7. The van der Waals surface area contributed by atoms with Crippen molar-refractivity contribution >= 4 is 16.9 Å². The molecule has 0 spiro atoms. The van der Waals surface area contributed by atoms with Gasteiger partial charge in [-0.25, -0.2) is 4.79 Å². The third-order valence-electron chi connectivity index (χ3n) is 5.17. The summed E-state index contributed by atoms with van der Waals surface area (Å²) in [5.74, 6) is -0.0779. The molecule has 146 valence electrons. The molecule has 1 saturated heterocycles. The molecule has 3 aromatic rings. The van der Waals surface area contributed by atoms with Gasteiger partial charge in [0.25, 0.3) is 0 Å². The van der Waals surface area contributed by atoms with E-state index in [1.807, 2.05) is 42.5 Å². The molecule has 1 amide bonds. The summed E-state index contributed by atoms with van der Waals surface area (Å²) in [7, 11) is 0. The number of amides is 1. The van der Waals surface area contributed by atoms with E-state index in [9.17, 15) is 14.7 Å². The molecule has 4 rings (SSSR count). The van der Waals surface area contributed by atoms with E-state index >= 15 is 0 Å². The Balaban J connectivity index is 1.46. The second-order valence-corrected chi connectivity index (χ2v) is 7.37. The number of aliphatic hydroxyl groups excluding tert-OH is 1. The molecule has 1 aliphatic rings. The Hall–Kier alpha value is -2.90. The van der Waals surface area contributed by atoms with Crippen molar-refractivity contribution in [1.82, 2.24) is 20.2 Å². The average Bonchev–Trinajstić information content (AvgIpc) is 3.25. The molecule has 2 aromatic carbocycles. The van der Waals surface area contributed by atoms with Crippen molar-refractivity contribution in [2.45, 2.75) is 25.0 Å². The first-order valence-corrected chi connectivity index (χ1v) is 9.52. The standard InChI is InChI=1S/C21H24N4O3/c26-16-8-9-25(12-16)13-19(15-4-2-1-3-5-15)22-20(27)11-14-6-7-17-18(10-14)24-21(28)23-17/h1-7,10,16,19,26H,8-9,11-13H2,(H,22,27)(H2,23,24,28)/t16-,19+/m0/s1. The second-order valence-electron chi connectivity index (χ2n) is 7.37. The zero-order chi connectivity index (χ0) is 19.5. The number of benzene rings is 2. The summed E-state index contributed by atoms with van der Waals surface area (Å²) in [4.78, 5) is 31.7. The number of β-amino-alcohol motifs (C(OH)–C–C–N with tert-alkyl or cyclic N) is 1. The highest BCUT2D eigenvalue weighted by Gasteiger charge is 2.24. The minimum absolute atomic E-state index is 0.0779. The monoisotopic (exact) mass is 380 g/mol. The fourth-order valence-electron chi connectivity index (χ4n) is 3.78. The fourth-order valence-corrected chi connectivity index (χ4v) is 3.78. The van der Waals surface area contributed by atoms with Crippen molar-refractivity contribution < 1.29 is 9.90 Å². The van der Waals surface area contributed by atoms with Crippen LogP contribution in [0.2, 0.25) is 0 Å². The van der Waals surface area contributed by atoms with Gasteiger partial charge in [-0.15, -0.1) is 0 Å². The zero-order valence-electron chi connectivity index (χ0n) is 15.5. The number of nitrogens with zero attached hydrogens (tertiary/aromatic N) is 1. The van der Waals surface area contributed by atoms with Crippen LogP contribution in [-0.2, 0) is 11.2 Å². The maximum absolute atomic E-state index is 12.7. The number of rotatable bonds is 6. The predicted molar refractivity (Wildman–Crippen MR) is 107 cm³/mol. The summed E-state index contributed by atoms with van der Waals surface area (Å²) in [6, 6.07) is 15.2. The quantitative estimate of drug-likeness (QED) is 0.518. The molecule has 1 aromatic heterocycles. The van der Waals surface area contributed by atoms with Crippen molar-refractivity contribution in [1.29, 1.82) is 0 Å². The van der Waals surface area contributed by atoms with Gasteiger partial charge in [0.15, 0.2) is 0 Å². The SMILES string of the molecule is O=C(Cc1ccc2[nH]c(=O)[nH]c2c1)N[C@H](CN1CC[C@H](O)C1)c1ccccc1. The van der Waals surface area contributed by atoms with Crippen LogP contribution in [-0.4, -0.2) is 51.6 Å². The van der Waals surface area contributed by atoms with Crippen LogP contribution < -0.4 is 11.0 Å². The first-order chi connectivity index (χ1) is 13.6. The largest absolute Gasteiger partial charge is 0.392 e. The summed E-state index contributed by atoms with van der Waals surface area (Å²) in [5.41, 5.74) is 3.05. The van der Waals surface area contributed by atoms with Crippen LogP contribution in [0, 0.1) is 0 Å². The third kappa shape index (κ3) is 4.32. The van der Waals surface area contributed by atoms with E-state index in [0.29, 0.717) is 18.6 Å². The van der Waals surface area contributed by atoms with Gasteiger partial charge in [-0.3, -0.25) is 9.69 Å². The number of fused-ring (bicyclic) bond motifs is 1. The Bertz CT molecular complexity index is 1010. The predicted octanol–water partition coefficient (Wildman–Crippen LogP) is 1.32. The van der Waals surface area contributed by atoms with Crippen molar-refractivity contribution in [2.75, 3.05) is 19.6 Å². The van der Waals surface area contributed by atoms with Gasteiger partial charge < -0.3 is 20.4 Å². The molecule has 1 fully saturated rings. The van der Waals surface area contributed by atoms with E-state index in [1.54, 1.807) is 6.07 Å². The first-order valence-electron chi connectivity index (χ1n) is 9.52. The normalized spacial score (nSPS) is 18.4. The Morgan fingerprint density at radius 2 is 1.96 bits per heavy atom. The molecule has 0 radical (unpaired) electrons. The van der Waals surface area contributed by atoms with E-state index in [2.05, 4.69) is 20.2 Å². The van der Waals surface area contributed by atoms with E-state index in [1.165, 1.54) is 0 Å². The van der Waals surface area contributed by atoms with Gasteiger partial charge >= 0.3 is 5.69 Å². The van der Waals surface area contributed by atoms with Crippen LogP contribution in [0.4, 0.5) is 0 Å². The van der Waals surface area contributed by atoms with Crippen LogP contribution in [0.25, 0.3) is 11.0 Å². The highest BCUT2D eigenvalue weighted by atomic mass is 16.3. The van der Waals surface area contributed by atoms with Gasteiger partial charge in [-0.1, -0.05) is 36.4 Å². The van der Waals surface area contributed by atoms with Crippen LogP contribution in [0.3, 0.4) is 0 Å². The van der Waals surface area contributed by atoms with E-state index in [-0.39, 0.29) is 30.2 Å². The van der Waals surface area contributed by atoms with Crippen molar-refractivity contribution in [2.24, 2.45) is 0 Å². The van der Waals surface area contributed by atoms with Crippen LogP contribution >= 0.6 is 0 Å². The van der Waals surface area contributed by atoms with Gasteiger partial charge in [0, 0.05) is 19.6 Å². The zero-order valence-corrected chi connectivity index (χ0v) is 15.5. The van der Waals surface area contributed by atoms with Gasteiger partial charge in [0.05, 0.1) is 29.6 Å². The summed E-state index contributed by atoms with van der Waals surface area (Å²) in [6.07, 6.45) is 0.710. The van der Waals surface area contributed by atoms with Gasteiger partial charge in [-0.05, 0) is 29.7 Å². The lowest BCUT2D eigenvalue weighted by Gasteiger charge is -2.25. The fraction of sp³-hybridized carbons (Fsp3) is 0.333. The molecule has 7 nitrogen and oxygen atoms in total. The number of hydrogen-bond donors (Lipinski definition) is 4. The molecule has 0 saturated carbocycles. The molecule has 2 atom stereocenters. The van der Waals surface area contributed by atoms with Crippen LogP contribution in [0.1, 0.15) is 23.6 Å². The molecule has 1 aliphatic heterocycles. The number of aromatic nitrogens is 2. The van der Waals surface area contributed by atoms with Crippen molar-refractivity contribution in [3.63, 3.8) is 0 Å².